The average Bonchev–Trinajstić information content (AvgIpc) is 2.59. The van der Waals surface area contributed by atoms with Gasteiger partial charge in [0, 0.05) is 45.6 Å². The van der Waals surface area contributed by atoms with Crippen molar-refractivity contribution in [3.05, 3.63) is 35.9 Å². The maximum Gasteiger partial charge on any atom is 0.224 e. The van der Waals surface area contributed by atoms with Gasteiger partial charge in [-0.3, -0.25) is 9.59 Å². The molecule has 1 N–H and O–H groups in total. The molecule has 0 radical (unpaired) electrons. The molecule has 1 saturated heterocycles. The van der Waals surface area contributed by atoms with Gasteiger partial charge in [-0.05, 0) is 25.5 Å². The molecule has 0 atom stereocenters. The minimum absolute atomic E-state index is 0. The fraction of sp³-hybridized carbons (Fsp3) is 0.556. The molecule has 1 heterocycles. The van der Waals surface area contributed by atoms with Crippen LogP contribution in [0, 0.1) is 0 Å². The van der Waals surface area contributed by atoms with Crippen LogP contribution >= 0.6 is 12.4 Å². The van der Waals surface area contributed by atoms with Crippen LogP contribution in [0.5, 0.6) is 0 Å². The van der Waals surface area contributed by atoms with Crippen LogP contribution in [0.4, 0.5) is 0 Å². The van der Waals surface area contributed by atoms with Crippen molar-refractivity contribution in [3.8, 4) is 0 Å². The molecule has 5 nitrogen and oxygen atoms in total. The van der Waals surface area contributed by atoms with Crippen molar-refractivity contribution in [2.45, 2.75) is 38.8 Å². The van der Waals surface area contributed by atoms with Crippen LogP contribution in [-0.2, 0) is 16.1 Å². The lowest BCUT2D eigenvalue weighted by Gasteiger charge is -2.32. The van der Waals surface area contributed by atoms with Gasteiger partial charge in [0.25, 0.3) is 0 Å². The van der Waals surface area contributed by atoms with Gasteiger partial charge in [0.1, 0.15) is 0 Å². The predicted octanol–water partition coefficient (Wildman–Crippen LogP) is 2.06. The van der Waals surface area contributed by atoms with Crippen LogP contribution in [0.3, 0.4) is 0 Å². The topological polar surface area (TPSA) is 52.7 Å². The lowest BCUT2D eigenvalue weighted by Crippen LogP contribution is -2.44. The molecule has 24 heavy (non-hydrogen) atoms. The van der Waals surface area contributed by atoms with Crippen LogP contribution in [0.2, 0.25) is 0 Å². The zero-order chi connectivity index (χ0) is 16.7. The van der Waals surface area contributed by atoms with Crippen molar-refractivity contribution < 1.29 is 9.59 Å². The summed E-state index contributed by atoms with van der Waals surface area (Å²) in [5, 5.41) is 3.26. The number of carbonyl (C=O) groups is 2. The summed E-state index contributed by atoms with van der Waals surface area (Å²) in [5.41, 5.74) is 1.09. The monoisotopic (exact) mass is 353 g/mol. The summed E-state index contributed by atoms with van der Waals surface area (Å²) >= 11 is 0. The summed E-state index contributed by atoms with van der Waals surface area (Å²) in [6.07, 6.45) is 2.40. The highest BCUT2D eigenvalue weighted by Gasteiger charge is 2.22. The standard InChI is InChI=1S/C18H27N3O2.ClH/c1-15(22)21(14-16-6-4-3-5-7-16)13-10-18(23)20-11-8-17(19-2)9-12-20;/h3-7,17,19H,8-14H2,1-2H3;1H. The molecule has 0 unspecified atom stereocenters. The summed E-state index contributed by atoms with van der Waals surface area (Å²) < 4.78 is 0. The zero-order valence-corrected chi connectivity index (χ0v) is 15.3. The first-order valence-electron chi connectivity index (χ1n) is 8.34. The Hall–Kier alpha value is -1.59. The molecule has 0 aromatic heterocycles. The highest BCUT2D eigenvalue weighted by Crippen LogP contribution is 2.12. The van der Waals surface area contributed by atoms with E-state index in [2.05, 4.69) is 5.32 Å². The number of amides is 2. The van der Waals surface area contributed by atoms with Crippen molar-refractivity contribution >= 4 is 24.2 Å². The van der Waals surface area contributed by atoms with Crippen molar-refractivity contribution in [3.63, 3.8) is 0 Å². The number of piperidine rings is 1. The van der Waals surface area contributed by atoms with Gasteiger partial charge in [-0.2, -0.15) is 0 Å². The number of hydrogen-bond acceptors (Lipinski definition) is 3. The fourth-order valence-corrected chi connectivity index (χ4v) is 2.96. The van der Waals surface area contributed by atoms with Crippen LogP contribution in [0.1, 0.15) is 31.7 Å². The SMILES string of the molecule is CNC1CCN(C(=O)CCN(Cc2ccccc2)C(C)=O)CC1.Cl. The molecule has 0 spiro atoms. The molecule has 2 amide bonds. The second kappa shape index (κ2) is 10.3. The molecule has 1 aromatic rings. The van der Waals surface area contributed by atoms with E-state index in [1.807, 2.05) is 42.3 Å². The Morgan fingerprint density at radius 2 is 1.83 bits per heavy atom. The summed E-state index contributed by atoms with van der Waals surface area (Å²) in [5.74, 6) is 0.161. The Morgan fingerprint density at radius 3 is 2.38 bits per heavy atom. The molecule has 6 heteroatoms. The van der Waals surface area contributed by atoms with E-state index in [0.717, 1.165) is 31.5 Å². The molecule has 0 aliphatic carbocycles. The molecule has 134 valence electrons. The van der Waals surface area contributed by atoms with Crippen molar-refractivity contribution in [1.82, 2.24) is 15.1 Å². The summed E-state index contributed by atoms with van der Waals surface area (Å²) in [6.45, 7) is 4.22. The highest BCUT2D eigenvalue weighted by molar-refractivity contribution is 5.85. The van der Waals surface area contributed by atoms with Gasteiger partial charge < -0.3 is 15.1 Å². The lowest BCUT2D eigenvalue weighted by molar-refractivity contribution is -0.134. The van der Waals surface area contributed by atoms with Gasteiger partial charge in [-0.15, -0.1) is 12.4 Å². The number of likely N-dealkylation sites (tertiary alicyclic amines) is 1. The Balaban J connectivity index is 0.00000288. The first-order chi connectivity index (χ1) is 11.1. The number of carbonyl (C=O) groups excluding carboxylic acids is 2. The van der Waals surface area contributed by atoms with Crippen LogP contribution in [-0.4, -0.2) is 54.3 Å². The quantitative estimate of drug-likeness (QED) is 0.851. The zero-order valence-electron chi connectivity index (χ0n) is 14.5. The smallest absolute Gasteiger partial charge is 0.224 e. The van der Waals surface area contributed by atoms with E-state index in [1.165, 1.54) is 0 Å². The van der Waals surface area contributed by atoms with E-state index in [4.69, 9.17) is 0 Å². The molecular weight excluding hydrogens is 326 g/mol. The minimum atomic E-state index is 0. The molecular formula is C18H28ClN3O2. The Labute approximate surface area is 150 Å². The second-order valence-corrected chi connectivity index (χ2v) is 6.12. The average molecular weight is 354 g/mol. The van der Waals surface area contributed by atoms with Gasteiger partial charge >= 0.3 is 0 Å². The lowest BCUT2D eigenvalue weighted by atomic mass is 10.1. The van der Waals surface area contributed by atoms with Gasteiger partial charge in [0.2, 0.25) is 11.8 Å². The third-order valence-corrected chi connectivity index (χ3v) is 4.51. The molecule has 1 aliphatic heterocycles. The predicted molar refractivity (Wildman–Crippen MR) is 98.1 cm³/mol. The van der Waals surface area contributed by atoms with Gasteiger partial charge in [0.15, 0.2) is 0 Å². The number of nitrogens with zero attached hydrogens (tertiary/aromatic N) is 2. The molecule has 1 aromatic carbocycles. The van der Waals surface area contributed by atoms with E-state index in [-0.39, 0.29) is 24.2 Å². The van der Waals surface area contributed by atoms with E-state index in [0.29, 0.717) is 25.6 Å². The normalized spacial score (nSPS) is 14.8. The number of nitrogens with one attached hydrogen (secondary N) is 1. The Kier molecular flexibility index (Phi) is 8.79. The number of halogens is 1. The maximum atomic E-state index is 12.3. The molecule has 2 rings (SSSR count). The van der Waals surface area contributed by atoms with E-state index >= 15 is 0 Å². The van der Waals surface area contributed by atoms with Crippen molar-refractivity contribution in [2.75, 3.05) is 26.7 Å². The molecule has 0 saturated carbocycles. The van der Waals surface area contributed by atoms with Crippen molar-refractivity contribution in [1.29, 1.82) is 0 Å². The van der Waals surface area contributed by atoms with Gasteiger partial charge in [0.05, 0.1) is 0 Å². The largest absolute Gasteiger partial charge is 0.343 e. The maximum absolute atomic E-state index is 12.3. The first-order valence-corrected chi connectivity index (χ1v) is 8.34. The van der Waals surface area contributed by atoms with Crippen LogP contribution < -0.4 is 5.32 Å². The Morgan fingerprint density at radius 1 is 1.21 bits per heavy atom. The van der Waals surface area contributed by atoms with Crippen LogP contribution in [0.15, 0.2) is 30.3 Å². The summed E-state index contributed by atoms with van der Waals surface area (Å²) in [6, 6.07) is 10.4. The Bertz CT molecular complexity index is 516. The molecule has 1 fully saturated rings. The van der Waals surface area contributed by atoms with Gasteiger partial charge in [-0.1, -0.05) is 30.3 Å². The van der Waals surface area contributed by atoms with Crippen LogP contribution in [0.25, 0.3) is 0 Å². The van der Waals surface area contributed by atoms with E-state index < -0.39 is 0 Å². The molecule has 1 aliphatic rings. The third kappa shape index (κ3) is 6.13. The minimum Gasteiger partial charge on any atom is -0.343 e. The molecule has 0 bridgehead atoms. The fourth-order valence-electron chi connectivity index (χ4n) is 2.96. The third-order valence-electron chi connectivity index (χ3n) is 4.51. The van der Waals surface area contributed by atoms with Gasteiger partial charge in [-0.25, -0.2) is 0 Å². The second-order valence-electron chi connectivity index (χ2n) is 6.12. The van der Waals surface area contributed by atoms with E-state index in [9.17, 15) is 9.59 Å². The number of hydrogen-bond donors (Lipinski definition) is 1. The highest BCUT2D eigenvalue weighted by atomic mass is 35.5. The number of benzene rings is 1. The van der Waals surface area contributed by atoms with E-state index in [1.54, 1.807) is 11.8 Å². The first kappa shape index (κ1) is 20.5. The van der Waals surface area contributed by atoms with Crippen molar-refractivity contribution in [2.24, 2.45) is 0 Å². The number of rotatable bonds is 6. The summed E-state index contributed by atoms with van der Waals surface area (Å²) in [4.78, 5) is 27.8. The summed E-state index contributed by atoms with van der Waals surface area (Å²) in [7, 11) is 1.97.